The average molecular weight is 259 g/mol. The van der Waals surface area contributed by atoms with Crippen LogP contribution in [0.25, 0.3) is 0 Å². The first-order chi connectivity index (χ1) is 9.15. The molecule has 100 valence electrons. The molecule has 0 aliphatic rings. The number of rotatable bonds is 5. The van der Waals surface area contributed by atoms with E-state index in [9.17, 15) is 4.79 Å². The quantitative estimate of drug-likeness (QED) is 0.353. The van der Waals surface area contributed by atoms with Gasteiger partial charge >= 0.3 is 5.97 Å². The first-order valence-electron chi connectivity index (χ1n) is 6.01. The lowest BCUT2D eigenvalue weighted by Gasteiger charge is -2.11. The summed E-state index contributed by atoms with van der Waals surface area (Å²) in [7, 11) is 1.33. The summed E-state index contributed by atoms with van der Waals surface area (Å²) in [6.07, 6.45) is 5.42. The molecule has 0 N–H and O–H groups in total. The molecular weight excluding hydrogens is 242 g/mol. The highest BCUT2D eigenvalue weighted by atomic mass is 16.5. The minimum Gasteiger partial charge on any atom is -0.465 e. The van der Waals surface area contributed by atoms with Gasteiger partial charge in [0.15, 0.2) is 0 Å². The van der Waals surface area contributed by atoms with E-state index in [-0.39, 0.29) is 0 Å². The standard InChI is InChI=1S/C14H17N3O2/c1-5-11-10-12(14(18)19-4)8-9-13(11)15-16-17(6-2)7-3/h1,8-10H,6-7H2,2-4H3. The largest absolute Gasteiger partial charge is 0.465 e. The maximum absolute atomic E-state index is 11.4. The Balaban J connectivity index is 3.04. The van der Waals surface area contributed by atoms with Gasteiger partial charge < -0.3 is 4.74 Å². The van der Waals surface area contributed by atoms with Crippen LogP contribution in [0.5, 0.6) is 0 Å². The molecule has 1 rings (SSSR count). The molecule has 0 heterocycles. The molecule has 0 aromatic heterocycles. The molecule has 5 heteroatoms. The number of hydrogen-bond acceptors (Lipinski definition) is 4. The summed E-state index contributed by atoms with van der Waals surface area (Å²) >= 11 is 0. The number of methoxy groups -OCH3 is 1. The predicted octanol–water partition coefficient (Wildman–Crippen LogP) is 2.80. The molecule has 0 radical (unpaired) electrons. The third-order valence-corrected chi connectivity index (χ3v) is 2.58. The summed E-state index contributed by atoms with van der Waals surface area (Å²) in [5.41, 5.74) is 1.47. The van der Waals surface area contributed by atoms with Gasteiger partial charge in [0.25, 0.3) is 0 Å². The van der Waals surface area contributed by atoms with Crippen molar-refractivity contribution in [3.8, 4) is 12.3 Å². The fourth-order valence-corrected chi connectivity index (χ4v) is 1.45. The summed E-state index contributed by atoms with van der Waals surface area (Å²) in [6, 6.07) is 4.85. The average Bonchev–Trinajstić information content (AvgIpc) is 2.47. The zero-order valence-corrected chi connectivity index (χ0v) is 11.4. The van der Waals surface area contributed by atoms with Crippen molar-refractivity contribution in [2.75, 3.05) is 20.2 Å². The van der Waals surface area contributed by atoms with Gasteiger partial charge in [-0.3, -0.25) is 5.01 Å². The molecule has 0 aliphatic carbocycles. The Kier molecular flexibility index (Phi) is 5.55. The zero-order chi connectivity index (χ0) is 14.3. The smallest absolute Gasteiger partial charge is 0.337 e. The van der Waals surface area contributed by atoms with Crippen LogP contribution < -0.4 is 0 Å². The summed E-state index contributed by atoms with van der Waals surface area (Å²) in [5.74, 6) is 2.07. The van der Waals surface area contributed by atoms with Gasteiger partial charge in [0.2, 0.25) is 0 Å². The monoisotopic (exact) mass is 259 g/mol. The molecule has 0 amide bonds. The number of carbonyl (C=O) groups excluding carboxylic acids is 1. The molecule has 0 bridgehead atoms. The Morgan fingerprint density at radius 2 is 2.11 bits per heavy atom. The second-order valence-electron chi connectivity index (χ2n) is 3.70. The van der Waals surface area contributed by atoms with Crippen LogP contribution in [0.3, 0.4) is 0 Å². The van der Waals surface area contributed by atoms with E-state index in [4.69, 9.17) is 6.42 Å². The fraction of sp³-hybridized carbons (Fsp3) is 0.357. The first kappa shape index (κ1) is 14.7. The van der Waals surface area contributed by atoms with E-state index < -0.39 is 5.97 Å². The van der Waals surface area contributed by atoms with Crippen LogP contribution in [0, 0.1) is 12.3 Å². The number of terminal acetylenes is 1. The lowest BCUT2D eigenvalue weighted by Crippen LogP contribution is -2.14. The van der Waals surface area contributed by atoms with Crippen molar-refractivity contribution in [1.82, 2.24) is 5.01 Å². The van der Waals surface area contributed by atoms with Crippen molar-refractivity contribution >= 4 is 11.7 Å². The fourth-order valence-electron chi connectivity index (χ4n) is 1.45. The van der Waals surface area contributed by atoms with Crippen molar-refractivity contribution in [2.45, 2.75) is 13.8 Å². The molecule has 1 aromatic rings. The normalized spacial score (nSPS) is 10.2. The maximum Gasteiger partial charge on any atom is 0.337 e. The highest BCUT2D eigenvalue weighted by molar-refractivity contribution is 5.90. The van der Waals surface area contributed by atoms with Gasteiger partial charge in [0.05, 0.1) is 18.2 Å². The number of esters is 1. The second kappa shape index (κ2) is 7.17. The van der Waals surface area contributed by atoms with Gasteiger partial charge in [-0.25, -0.2) is 4.79 Å². The Morgan fingerprint density at radius 3 is 2.63 bits per heavy atom. The molecule has 0 aliphatic heterocycles. The lowest BCUT2D eigenvalue weighted by molar-refractivity contribution is 0.0600. The van der Waals surface area contributed by atoms with Crippen molar-refractivity contribution < 1.29 is 9.53 Å². The molecule has 0 unspecified atom stereocenters. The van der Waals surface area contributed by atoms with Crippen LogP contribution in [0.1, 0.15) is 29.8 Å². The molecule has 1 aromatic carbocycles. The van der Waals surface area contributed by atoms with E-state index in [1.54, 1.807) is 23.2 Å². The molecule has 0 atom stereocenters. The highest BCUT2D eigenvalue weighted by Gasteiger charge is 2.08. The minimum atomic E-state index is -0.427. The zero-order valence-electron chi connectivity index (χ0n) is 11.4. The van der Waals surface area contributed by atoms with Crippen LogP contribution >= 0.6 is 0 Å². The summed E-state index contributed by atoms with van der Waals surface area (Å²) in [5, 5.41) is 9.98. The lowest BCUT2D eigenvalue weighted by atomic mass is 10.1. The topological polar surface area (TPSA) is 54.3 Å². The minimum absolute atomic E-state index is 0.400. The van der Waals surface area contributed by atoms with Gasteiger partial charge in [0, 0.05) is 13.1 Å². The van der Waals surface area contributed by atoms with E-state index >= 15 is 0 Å². The third kappa shape index (κ3) is 3.81. The Bertz CT molecular complexity index is 514. The summed E-state index contributed by atoms with van der Waals surface area (Å²) in [4.78, 5) is 11.4. The number of nitrogens with zero attached hydrogens (tertiary/aromatic N) is 3. The van der Waals surface area contributed by atoms with E-state index in [1.165, 1.54) is 7.11 Å². The predicted molar refractivity (Wildman–Crippen MR) is 73.2 cm³/mol. The molecule has 0 saturated carbocycles. The second-order valence-corrected chi connectivity index (χ2v) is 3.70. The molecule has 0 spiro atoms. The molecule has 19 heavy (non-hydrogen) atoms. The van der Waals surface area contributed by atoms with Gasteiger partial charge in [-0.15, -0.1) is 11.5 Å². The van der Waals surface area contributed by atoms with E-state index in [0.717, 1.165) is 13.1 Å². The van der Waals surface area contributed by atoms with Gasteiger partial charge in [-0.05, 0) is 32.0 Å². The third-order valence-electron chi connectivity index (χ3n) is 2.58. The molecule has 0 saturated heterocycles. The van der Waals surface area contributed by atoms with E-state index in [0.29, 0.717) is 16.8 Å². The van der Waals surface area contributed by atoms with Crippen molar-refractivity contribution in [3.63, 3.8) is 0 Å². The SMILES string of the molecule is C#Cc1cc(C(=O)OC)ccc1N=NN(CC)CC. The Hall–Kier alpha value is -2.35. The maximum atomic E-state index is 11.4. The highest BCUT2D eigenvalue weighted by Crippen LogP contribution is 2.21. The number of carbonyl (C=O) groups is 1. The van der Waals surface area contributed by atoms with Crippen LogP contribution in [0.2, 0.25) is 0 Å². The Morgan fingerprint density at radius 1 is 1.42 bits per heavy atom. The molecule has 0 fully saturated rings. The van der Waals surface area contributed by atoms with Crippen molar-refractivity contribution in [2.24, 2.45) is 10.3 Å². The van der Waals surface area contributed by atoms with Gasteiger partial charge in [-0.1, -0.05) is 11.1 Å². The van der Waals surface area contributed by atoms with Gasteiger partial charge in [-0.2, -0.15) is 0 Å². The van der Waals surface area contributed by atoms with Crippen molar-refractivity contribution in [1.29, 1.82) is 0 Å². The van der Waals surface area contributed by atoms with E-state index in [2.05, 4.69) is 21.0 Å². The van der Waals surface area contributed by atoms with Crippen LogP contribution in [0.4, 0.5) is 5.69 Å². The molecule has 5 nitrogen and oxygen atoms in total. The van der Waals surface area contributed by atoms with Crippen LogP contribution in [-0.4, -0.2) is 31.2 Å². The first-order valence-corrected chi connectivity index (χ1v) is 6.01. The molecular formula is C14H17N3O2. The summed E-state index contributed by atoms with van der Waals surface area (Å²) < 4.78 is 4.64. The van der Waals surface area contributed by atoms with Crippen LogP contribution in [-0.2, 0) is 4.74 Å². The van der Waals surface area contributed by atoms with E-state index in [1.807, 2.05) is 13.8 Å². The Labute approximate surface area is 113 Å². The number of hydrogen-bond donors (Lipinski definition) is 0. The van der Waals surface area contributed by atoms with Crippen LogP contribution in [0.15, 0.2) is 28.5 Å². The number of benzene rings is 1. The van der Waals surface area contributed by atoms with Gasteiger partial charge in [0.1, 0.15) is 5.69 Å². The summed E-state index contributed by atoms with van der Waals surface area (Å²) in [6.45, 7) is 5.52. The van der Waals surface area contributed by atoms with Crippen molar-refractivity contribution in [3.05, 3.63) is 29.3 Å². The number of ether oxygens (including phenoxy) is 1.